The number of aromatic nitrogens is 2. The summed E-state index contributed by atoms with van der Waals surface area (Å²) < 4.78 is 32.3. The summed E-state index contributed by atoms with van der Waals surface area (Å²) in [6, 6.07) is 3.44. The third-order valence-corrected chi connectivity index (χ3v) is 8.51. The second-order valence-corrected chi connectivity index (χ2v) is 13.0. The van der Waals surface area contributed by atoms with Crippen LogP contribution in [0.25, 0.3) is 0 Å². The number of rotatable bonds is 9. The van der Waals surface area contributed by atoms with Crippen LogP contribution in [-0.4, -0.2) is 74.8 Å². The summed E-state index contributed by atoms with van der Waals surface area (Å²) in [5.41, 5.74) is 2.43. The third kappa shape index (κ3) is 6.92. The van der Waals surface area contributed by atoms with Crippen molar-refractivity contribution in [2.75, 3.05) is 49.0 Å². The number of ether oxygens (including phenoxy) is 1. The van der Waals surface area contributed by atoms with E-state index in [0.717, 1.165) is 43.5 Å². The van der Waals surface area contributed by atoms with Gasteiger partial charge in [-0.05, 0) is 49.3 Å². The Balaban J connectivity index is 1.40. The van der Waals surface area contributed by atoms with Gasteiger partial charge >= 0.3 is 0 Å². The van der Waals surface area contributed by atoms with Crippen LogP contribution in [0.2, 0.25) is 5.02 Å². The fraction of sp³-hybridized carbons (Fsp3) is 0.577. The van der Waals surface area contributed by atoms with Crippen molar-refractivity contribution in [3.05, 3.63) is 28.9 Å². The maximum Gasteiger partial charge on any atom is 0.238 e. The molecule has 3 aliphatic rings. The first-order valence-electron chi connectivity index (χ1n) is 13.3. The minimum absolute atomic E-state index is 0.0351. The van der Waals surface area contributed by atoms with Gasteiger partial charge < -0.3 is 20.3 Å². The van der Waals surface area contributed by atoms with Crippen molar-refractivity contribution in [3.8, 4) is 5.75 Å². The van der Waals surface area contributed by atoms with Crippen molar-refractivity contribution in [1.82, 2.24) is 19.6 Å². The monoisotopic (exact) mass is 577 g/mol. The summed E-state index contributed by atoms with van der Waals surface area (Å²) in [5, 5.41) is 6.75. The number of benzene rings is 1. The quantitative estimate of drug-likeness (QED) is 0.411. The second-order valence-electron chi connectivity index (χ2n) is 10.8. The van der Waals surface area contributed by atoms with Gasteiger partial charge in [-0.25, -0.2) is 18.1 Å². The number of hydrogen-bond donors (Lipinski definition) is 3. The molecule has 0 saturated heterocycles. The molecule has 2 saturated carbocycles. The molecule has 1 aromatic carbocycles. The van der Waals surface area contributed by atoms with Crippen LogP contribution < -0.4 is 25.0 Å². The first kappa shape index (κ1) is 27.9. The average Bonchev–Trinajstić information content (AvgIpc) is 3.71. The van der Waals surface area contributed by atoms with Crippen molar-refractivity contribution in [3.63, 3.8) is 0 Å². The van der Waals surface area contributed by atoms with Crippen LogP contribution in [0.4, 0.5) is 23.1 Å². The molecule has 2 aliphatic carbocycles. The molecule has 2 aromatic rings. The number of carbonyl (C=O) groups is 1. The van der Waals surface area contributed by atoms with Gasteiger partial charge in [0, 0.05) is 37.9 Å². The lowest BCUT2D eigenvalue weighted by Crippen LogP contribution is -2.48. The van der Waals surface area contributed by atoms with Crippen LogP contribution in [0.15, 0.2) is 18.3 Å². The van der Waals surface area contributed by atoms with E-state index in [1.807, 2.05) is 19.2 Å². The Morgan fingerprint density at radius 1 is 1.18 bits per heavy atom. The summed E-state index contributed by atoms with van der Waals surface area (Å²) in [6.07, 6.45) is 8.60. The van der Waals surface area contributed by atoms with Gasteiger partial charge in [-0.2, -0.15) is 4.98 Å². The summed E-state index contributed by atoms with van der Waals surface area (Å²) in [6.45, 7) is 1.96. The lowest BCUT2D eigenvalue weighted by atomic mass is 9.91. The molecule has 1 amide bonds. The van der Waals surface area contributed by atoms with Gasteiger partial charge in [0.1, 0.15) is 10.8 Å². The van der Waals surface area contributed by atoms with Crippen molar-refractivity contribution in [2.24, 2.45) is 5.92 Å². The van der Waals surface area contributed by atoms with Crippen LogP contribution in [0, 0.1) is 5.92 Å². The molecule has 0 radical (unpaired) electrons. The van der Waals surface area contributed by atoms with Gasteiger partial charge in [0.2, 0.25) is 21.9 Å². The molecular formula is C26H36ClN7O4S. The summed E-state index contributed by atoms with van der Waals surface area (Å²) >= 11 is 6.47. The highest BCUT2D eigenvalue weighted by Gasteiger charge is 2.30. The SMILES string of the molecule is COc1cc2c(cc1N(C)c1ncc(Cl)c(N[C@@H]3CCCC[C@H]3NS(C)(=O)=O)n1)NC(=O)CN(CC1CC1)C2. The maximum atomic E-state index is 12.7. The van der Waals surface area contributed by atoms with E-state index in [4.69, 9.17) is 16.3 Å². The van der Waals surface area contributed by atoms with E-state index < -0.39 is 10.0 Å². The topological polar surface area (TPSA) is 129 Å². The highest BCUT2D eigenvalue weighted by atomic mass is 35.5. The molecule has 2 atom stereocenters. The van der Waals surface area contributed by atoms with E-state index >= 15 is 0 Å². The van der Waals surface area contributed by atoms with E-state index in [9.17, 15) is 13.2 Å². The molecule has 0 bridgehead atoms. The number of halogens is 1. The minimum atomic E-state index is -3.36. The molecular weight excluding hydrogens is 542 g/mol. The lowest BCUT2D eigenvalue weighted by Gasteiger charge is -2.33. The largest absolute Gasteiger partial charge is 0.495 e. The summed E-state index contributed by atoms with van der Waals surface area (Å²) in [7, 11) is 0.0824. The molecule has 3 N–H and O–H groups in total. The van der Waals surface area contributed by atoms with Gasteiger partial charge in [0.05, 0.1) is 31.8 Å². The summed E-state index contributed by atoms with van der Waals surface area (Å²) in [5.74, 6) is 2.09. The van der Waals surface area contributed by atoms with Crippen LogP contribution in [0.3, 0.4) is 0 Å². The van der Waals surface area contributed by atoms with Crippen molar-refractivity contribution in [1.29, 1.82) is 0 Å². The Kier molecular flexibility index (Phi) is 8.18. The number of fused-ring (bicyclic) bond motifs is 1. The molecule has 2 fully saturated rings. The molecule has 11 nitrogen and oxygen atoms in total. The Morgan fingerprint density at radius 2 is 1.92 bits per heavy atom. The van der Waals surface area contributed by atoms with Crippen molar-refractivity contribution in [2.45, 2.75) is 57.2 Å². The third-order valence-electron chi connectivity index (χ3n) is 7.50. The Labute approximate surface area is 234 Å². The number of sulfonamides is 1. The van der Waals surface area contributed by atoms with Crippen molar-refractivity contribution < 1.29 is 17.9 Å². The van der Waals surface area contributed by atoms with Gasteiger partial charge in [-0.1, -0.05) is 24.4 Å². The molecule has 39 heavy (non-hydrogen) atoms. The molecule has 0 unspecified atom stereocenters. The zero-order valence-electron chi connectivity index (χ0n) is 22.5. The molecule has 1 aromatic heterocycles. The molecule has 2 heterocycles. The van der Waals surface area contributed by atoms with Gasteiger partial charge in [0.15, 0.2) is 5.82 Å². The van der Waals surface area contributed by atoms with E-state index in [1.54, 1.807) is 12.0 Å². The fourth-order valence-corrected chi connectivity index (χ4v) is 6.37. The number of hydrogen-bond acceptors (Lipinski definition) is 9. The molecule has 0 spiro atoms. The normalized spacial score (nSPS) is 22.0. The minimum Gasteiger partial charge on any atom is -0.495 e. The number of amides is 1. The highest BCUT2D eigenvalue weighted by Crippen LogP contribution is 2.39. The number of methoxy groups -OCH3 is 1. The van der Waals surface area contributed by atoms with Crippen LogP contribution in [-0.2, 0) is 21.4 Å². The molecule has 1 aliphatic heterocycles. The standard InChI is InChI=1S/C26H36ClN7O4S/c1-33(22-11-21-17(10-23(22)38-2)14-34(13-16-8-9-16)15-24(35)29-21)26-28-12-18(27)25(31-26)30-19-6-4-5-7-20(19)32-39(3,36)37/h10-12,16,19-20,32H,4-9,13-15H2,1-3H3,(H,29,35)(H,28,30,31)/t19-,20-/m1/s1. The Morgan fingerprint density at radius 3 is 2.62 bits per heavy atom. The van der Waals surface area contributed by atoms with E-state index in [-0.39, 0.29) is 18.0 Å². The zero-order chi connectivity index (χ0) is 27.7. The molecule has 212 valence electrons. The van der Waals surface area contributed by atoms with E-state index in [2.05, 4.69) is 30.2 Å². The first-order chi connectivity index (χ1) is 18.6. The number of nitrogens with zero attached hydrogens (tertiary/aromatic N) is 4. The predicted octanol–water partition coefficient (Wildman–Crippen LogP) is 3.34. The predicted molar refractivity (Wildman–Crippen MR) is 152 cm³/mol. The number of anilines is 4. The van der Waals surface area contributed by atoms with Gasteiger partial charge in [-0.3, -0.25) is 9.69 Å². The maximum absolute atomic E-state index is 12.7. The Bertz CT molecular complexity index is 1340. The summed E-state index contributed by atoms with van der Waals surface area (Å²) in [4.78, 5) is 25.8. The Hall–Kier alpha value is -2.67. The van der Waals surface area contributed by atoms with Gasteiger partial charge in [0.25, 0.3) is 0 Å². The highest BCUT2D eigenvalue weighted by molar-refractivity contribution is 7.88. The number of carbonyl (C=O) groups excluding carboxylic acids is 1. The van der Waals surface area contributed by atoms with Crippen LogP contribution in [0.1, 0.15) is 44.1 Å². The molecule has 5 rings (SSSR count). The van der Waals surface area contributed by atoms with Crippen LogP contribution >= 0.6 is 11.6 Å². The first-order valence-corrected chi connectivity index (χ1v) is 15.6. The lowest BCUT2D eigenvalue weighted by molar-refractivity contribution is -0.117. The van der Waals surface area contributed by atoms with Crippen LogP contribution in [0.5, 0.6) is 5.75 Å². The molecule has 13 heteroatoms. The van der Waals surface area contributed by atoms with Crippen molar-refractivity contribution >= 4 is 50.7 Å². The second kappa shape index (κ2) is 11.4. The smallest absolute Gasteiger partial charge is 0.238 e. The van der Waals surface area contributed by atoms with Gasteiger partial charge in [-0.15, -0.1) is 0 Å². The zero-order valence-corrected chi connectivity index (χ0v) is 24.1. The van der Waals surface area contributed by atoms with E-state index in [1.165, 1.54) is 25.3 Å². The average molecular weight is 578 g/mol. The number of nitrogens with one attached hydrogen (secondary N) is 3. The van der Waals surface area contributed by atoms with E-state index in [0.29, 0.717) is 47.2 Å². The fourth-order valence-electron chi connectivity index (χ4n) is 5.39.